The van der Waals surface area contributed by atoms with E-state index in [9.17, 15) is 5.11 Å². The molecule has 0 aliphatic carbocycles. The molecule has 0 fully saturated rings. The van der Waals surface area contributed by atoms with Crippen LogP contribution >= 0.6 is 11.6 Å². The minimum atomic E-state index is -0.525. The summed E-state index contributed by atoms with van der Waals surface area (Å²) in [6.45, 7) is 1.71. The van der Waals surface area contributed by atoms with Crippen LogP contribution in [0.5, 0.6) is 11.8 Å². The van der Waals surface area contributed by atoms with E-state index in [2.05, 4.69) is 9.97 Å². The van der Waals surface area contributed by atoms with Crippen molar-refractivity contribution in [1.29, 1.82) is 0 Å². The van der Waals surface area contributed by atoms with Crippen LogP contribution in [0, 0.1) is 0 Å². The van der Waals surface area contributed by atoms with Gasteiger partial charge in [0, 0.05) is 5.02 Å². The van der Waals surface area contributed by atoms with Crippen LogP contribution in [0.4, 0.5) is 0 Å². The van der Waals surface area contributed by atoms with Gasteiger partial charge < -0.3 is 14.6 Å². The second-order valence-electron chi connectivity index (χ2n) is 4.91. The molecule has 0 spiro atoms. The number of hydrogen-bond donors (Lipinski definition) is 1. The van der Waals surface area contributed by atoms with Gasteiger partial charge in [0.25, 0.3) is 11.8 Å². The summed E-state index contributed by atoms with van der Waals surface area (Å²) in [5, 5.41) is 10.2. The SMILES string of the molecule is COc1ncc(CCc2ccc(C(C)O)cc2Cl)nc1OC. The van der Waals surface area contributed by atoms with Gasteiger partial charge in [0.15, 0.2) is 0 Å². The fourth-order valence-corrected chi connectivity index (χ4v) is 2.36. The van der Waals surface area contributed by atoms with E-state index in [1.807, 2.05) is 12.1 Å². The molecule has 1 N–H and O–H groups in total. The summed E-state index contributed by atoms with van der Waals surface area (Å²) < 4.78 is 10.2. The van der Waals surface area contributed by atoms with Gasteiger partial charge >= 0.3 is 0 Å². The maximum atomic E-state index is 9.55. The number of methoxy groups -OCH3 is 2. The Labute approximate surface area is 134 Å². The van der Waals surface area contributed by atoms with Crippen molar-refractivity contribution in [1.82, 2.24) is 9.97 Å². The summed E-state index contributed by atoms with van der Waals surface area (Å²) in [5.41, 5.74) is 2.61. The highest BCUT2D eigenvalue weighted by atomic mass is 35.5. The average Bonchev–Trinajstić information content (AvgIpc) is 2.53. The summed E-state index contributed by atoms with van der Waals surface area (Å²) in [4.78, 5) is 8.52. The van der Waals surface area contributed by atoms with E-state index in [4.69, 9.17) is 21.1 Å². The van der Waals surface area contributed by atoms with Crippen molar-refractivity contribution < 1.29 is 14.6 Å². The molecule has 1 aromatic carbocycles. The second-order valence-corrected chi connectivity index (χ2v) is 5.31. The van der Waals surface area contributed by atoms with Crippen molar-refractivity contribution in [3.63, 3.8) is 0 Å². The summed E-state index contributed by atoms with van der Waals surface area (Å²) in [6, 6.07) is 5.60. The van der Waals surface area contributed by atoms with Gasteiger partial charge in [-0.05, 0) is 37.0 Å². The first-order valence-corrected chi connectivity index (χ1v) is 7.33. The molecule has 1 heterocycles. The lowest BCUT2D eigenvalue weighted by Crippen LogP contribution is -2.02. The third-order valence-electron chi connectivity index (χ3n) is 3.36. The smallest absolute Gasteiger partial charge is 0.278 e. The zero-order valence-electron chi connectivity index (χ0n) is 12.8. The first-order valence-electron chi connectivity index (χ1n) is 6.95. The van der Waals surface area contributed by atoms with Gasteiger partial charge in [-0.1, -0.05) is 23.7 Å². The number of aliphatic hydroxyl groups is 1. The number of rotatable bonds is 6. The van der Waals surface area contributed by atoms with Crippen molar-refractivity contribution in [2.75, 3.05) is 14.2 Å². The Hall–Kier alpha value is -1.85. The summed E-state index contributed by atoms with van der Waals surface area (Å²) >= 11 is 6.25. The second kappa shape index (κ2) is 7.42. The third-order valence-corrected chi connectivity index (χ3v) is 3.71. The highest BCUT2D eigenvalue weighted by molar-refractivity contribution is 6.31. The topological polar surface area (TPSA) is 64.5 Å². The molecule has 1 unspecified atom stereocenters. The molecular formula is C16H19ClN2O3. The molecule has 0 aliphatic rings. The van der Waals surface area contributed by atoms with Crippen LogP contribution in [0.15, 0.2) is 24.4 Å². The normalized spacial score (nSPS) is 12.0. The Balaban J connectivity index is 2.10. The number of halogens is 1. The Morgan fingerprint density at radius 3 is 2.50 bits per heavy atom. The first-order chi connectivity index (χ1) is 10.5. The molecule has 5 nitrogen and oxygen atoms in total. The number of aliphatic hydroxyl groups excluding tert-OH is 1. The predicted molar refractivity (Wildman–Crippen MR) is 84.6 cm³/mol. The highest BCUT2D eigenvalue weighted by Crippen LogP contribution is 2.24. The van der Waals surface area contributed by atoms with Gasteiger partial charge in [0.1, 0.15) is 0 Å². The predicted octanol–water partition coefficient (Wildman–Crippen LogP) is 2.99. The first kappa shape index (κ1) is 16.5. The van der Waals surface area contributed by atoms with Gasteiger partial charge in [0.2, 0.25) is 0 Å². The van der Waals surface area contributed by atoms with Crippen molar-refractivity contribution in [2.45, 2.75) is 25.9 Å². The van der Waals surface area contributed by atoms with E-state index in [-0.39, 0.29) is 0 Å². The standard InChI is InChI=1S/C16H19ClN2O3/c1-10(20)12-5-4-11(14(17)8-12)6-7-13-9-18-15(21-2)16(19-13)22-3/h4-5,8-10,20H,6-7H2,1-3H3. The number of ether oxygens (including phenoxy) is 2. The molecule has 2 aromatic rings. The minimum Gasteiger partial charge on any atom is -0.477 e. The number of aromatic nitrogens is 2. The molecule has 2 rings (SSSR count). The van der Waals surface area contributed by atoms with Crippen LogP contribution < -0.4 is 9.47 Å². The molecule has 0 aliphatic heterocycles. The summed E-state index contributed by atoms with van der Waals surface area (Å²) in [6.07, 6.45) is 2.55. The highest BCUT2D eigenvalue weighted by Gasteiger charge is 2.10. The molecule has 0 radical (unpaired) electrons. The van der Waals surface area contributed by atoms with E-state index in [1.54, 1.807) is 19.2 Å². The van der Waals surface area contributed by atoms with E-state index in [0.717, 1.165) is 23.2 Å². The van der Waals surface area contributed by atoms with E-state index in [0.29, 0.717) is 23.2 Å². The van der Waals surface area contributed by atoms with Gasteiger partial charge in [-0.15, -0.1) is 0 Å². The fourth-order valence-electron chi connectivity index (χ4n) is 2.08. The van der Waals surface area contributed by atoms with Crippen molar-refractivity contribution in [3.05, 3.63) is 46.2 Å². The lowest BCUT2D eigenvalue weighted by Gasteiger charge is -2.10. The molecule has 6 heteroatoms. The van der Waals surface area contributed by atoms with Crippen LogP contribution in [0.1, 0.15) is 29.8 Å². The fraction of sp³-hybridized carbons (Fsp3) is 0.375. The quantitative estimate of drug-likeness (QED) is 0.885. The van der Waals surface area contributed by atoms with Gasteiger partial charge in [-0.2, -0.15) is 0 Å². The van der Waals surface area contributed by atoms with Crippen LogP contribution in [0.2, 0.25) is 5.02 Å². The lowest BCUT2D eigenvalue weighted by molar-refractivity contribution is 0.199. The third kappa shape index (κ3) is 3.87. The molecule has 0 bridgehead atoms. The molecule has 0 amide bonds. The van der Waals surface area contributed by atoms with Crippen molar-refractivity contribution >= 4 is 11.6 Å². The minimum absolute atomic E-state index is 0.366. The molecule has 118 valence electrons. The Bertz CT molecular complexity index is 647. The largest absolute Gasteiger partial charge is 0.477 e. The lowest BCUT2D eigenvalue weighted by atomic mass is 10.0. The molecule has 0 saturated heterocycles. The Morgan fingerprint density at radius 2 is 1.91 bits per heavy atom. The number of aryl methyl sites for hydroxylation is 2. The van der Waals surface area contributed by atoms with E-state index >= 15 is 0 Å². The summed E-state index contributed by atoms with van der Waals surface area (Å²) in [5.74, 6) is 0.737. The zero-order chi connectivity index (χ0) is 16.1. The molecule has 22 heavy (non-hydrogen) atoms. The van der Waals surface area contributed by atoms with Crippen molar-refractivity contribution in [2.24, 2.45) is 0 Å². The maximum absolute atomic E-state index is 9.55. The molecule has 1 atom stereocenters. The summed E-state index contributed by atoms with van der Waals surface area (Å²) in [7, 11) is 3.05. The van der Waals surface area contributed by atoms with Crippen LogP contribution in [-0.4, -0.2) is 29.3 Å². The Kier molecular flexibility index (Phi) is 5.57. The van der Waals surface area contributed by atoms with Gasteiger partial charge in [-0.25, -0.2) is 9.97 Å². The van der Waals surface area contributed by atoms with E-state index in [1.165, 1.54) is 14.2 Å². The molecule has 0 saturated carbocycles. The molecular weight excluding hydrogens is 304 g/mol. The van der Waals surface area contributed by atoms with Crippen LogP contribution in [0.3, 0.4) is 0 Å². The number of benzene rings is 1. The van der Waals surface area contributed by atoms with Gasteiger partial charge in [-0.3, -0.25) is 0 Å². The zero-order valence-corrected chi connectivity index (χ0v) is 13.6. The van der Waals surface area contributed by atoms with Crippen molar-refractivity contribution in [3.8, 4) is 11.8 Å². The number of hydrogen-bond acceptors (Lipinski definition) is 5. The monoisotopic (exact) mass is 322 g/mol. The van der Waals surface area contributed by atoms with Crippen LogP contribution in [-0.2, 0) is 12.8 Å². The average molecular weight is 323 g/mol. The van der Waals surface area contributed by atoms with Crippen LogP contribution in [0.25, 0.3) is 0 Å². The van der Waals surface area contributed by atoms with Gasteiger partial charge in [0.05, 0.1) is 32.2 Å². The molecule has 1 aromatic heterocycles. The maximum Gasteiger partial charge on any atom is 0.278 e. The van der Waals surface area contributed by atoms with E-state index < -0.39 is 6.10 Å². The Morgan fingerprint density at radius 1 is 1.18 bits per heavy atom. The number of nitrogens with zero attached hydrogens (tertiary/aromatic N) is 2.